The third-order valence-electron chi connectivity index (χ3n) is 4.96. The number of piperidine rings is 1. The molecule has 1 aliphatic heterocycles. The third-order valence-corrected chi connectivity index (χ3v) is 4.96. The van der Waals surface area contributed by atoms with Crippen molar-refractivity contribution in [2.45, 2.75) is 45.6 Å². The van der Waals surface area contributed by atoms with Crippen LogP contribution in [-0.4, -0.2) is 69.2 Å². The molecule has 0 spiro atoms. The van der Waals surface area contributed by atoms with Gasteiger partial charge in [-0.2, -0.15) is 0 Å². The predicted molar refractivity (Wildman–Crippen MR) is 119 cm³/mol. The highest BCUT2D eigenvalue weighted by molar-refractivity contribution is 5.80. The van der Waals surface area contributed by atoms with Gasteiger partial charge < -0.3 is 20.7 Å². The first-order valence-electron chi connectivity index (χ1n) is 10.8. The zero-order chi connectivity index (χ0) is 20.9. The Morgan fingerprint density at radius 3 is 2.76 bits per heavy atom. The molecule has 1 amide bonds. The summed E-state index contributed by atoms with van der Waals surface area (Å²) in [6.07, 6.45) is 3.91. The number of benzene rings is 1. The summed E-state index contributed by atoms with van der Waals surface area (Å²) in [4.78, 5) is 18.5. The standard InChI is InChI=1S/C22H37N5O2/c1-4-15-29-20-8-6-7-18(16-20)9-12-25-22(24-5-2)26-19-10-13-27(14-11-19)17-21(28)23-3/h6-8,16,19H,4-5,9-15,17H2,1-3H3,(H,23,28)(H2,24,25,26). The number of rotatable bonds is 10. The first kappa shape index (κ1) is 23.0. The van der Waals surface area contributed by atoms with Crippen LogP contribution in [0.2, 0.25) is 0 Å². The Labute approximate surface area is 175 Å². The van der Waals surface area contributed by atoms with Crippen molar-refractivity contribution in [3.8, 4) is 5.75 Å². The number of aliphatic imine (C=N–C) groups is 1. The van der Waals surface area contributed by atoms with E-state index in [2.05, 4.69) is 46.8 Å². The van der Waals surface area contributed by atoms with Crippen molar-refractivity contribution in [1.82, 2.24) is 20.9 Å². The largest absolute Gasteiger partial charge is 0.494 e. The molecule has 2 rings (SSSR count). The Hall–Kier alpha value is -2.28. The molecule has 0 atom stereocenters. The number of hydrogen-bond donors (Lipinski definition) is 3. The van der Waals surface area contributed by atoms with E-state index in [1.807, 2.05) is 12.1 Å². The van der Waals surface area contributed by atoms with Gasteiger partial charge in [-0.15, -0.1) is 0 Å². The maximum atomic E-state index is 11.5. The molecular formula is C22H37N5O2. The van der Waals surface area contributed by atoms with Crippen LogP contribution in [0.25, 0.3) is 0 Å². The Kier molecular flexibility index (Phi) is 10.3. The Morgan fingerprint density at radius 1 is 1.28 bits per heavy atom. The molecule has 1 aromatic rings. The lowest BCUT2D eigenvalue weighted by molar-refractivity contribution is -0.122. The maximum absolute atomic E-state index is 11.5. The average Bonchev–Trinajstić information content (AvgIpc) is 2.74. The Morgan fingerprint density at radius 2 is 2.07 bits per heavy atom. The van der Waals surface area contributed by atoms with Gasteiger partial charge in [0.15, 0.2) is 5.96 Å². The molecule has 29 heavy (non-hydrogen) atoms. The molecule has 1 aromatic carbocycles. The molecule has 1 fully saturated rings. The number of amides is 1. The molecule has 7 nitrogen and oxygen atoms in total. The highest BCUT2D eigenvalue weighted by Crippen LogP contribution is 2.14. The van der Waals surface area contributed by atoms with E-state index in [0.29, 0.717) is 12.6 Å². The van der Waals surface area contributed by atoms with Crippen LogP contribution in [-0.2, 0) is 11.2 Å². The van der Waals surface area contributed by atoms with Crippen LogP contribution in [0.1, 0.15) is 38.7 Å². The summed E-state index contributed by atoms with van der Waals surface area (Å²) >= 11 is 0. The molecule has 0 unspecified atom stereocenters. The SMILES string of the molecule is CCCOc1cccc(CCN=C(NCC)NC2CCN(CC(=O)NC)CC2)c1. The molecular weight excluding hydrogens is 366 g/mol. The quantitative estimate of drug-likeness (QED) is 0.410. The lowest BCUT2D eigenvalue weighted by Gasteiger charge is -2.32. The van der Waals surface area contributed by atoms with E-state index < -0.39 is 0 Å². The van der Waals surface area contributed by atoms with Crippen LogP contribution in [0.4, 0.5) is 0 Å². The maximum Gasteiger partial charge on any atom is 0.233 e. The second kappa shape index (κ2) is 13.0. The van der Waals surface area contributed by atoms with E-state index in [-0.39, 0.29) is 5.91 Å². The van der Waals surface area contributed by atoms with E-state index in [1.54, 1.807) is 7.05 Å². The van der Waals surface area contributed by atoms with E-state index in [0.717, 1.165) is 70.2 Å². The van der Waals surface area contributed by atoms with E-state index in [1.165, 1.54) is 5.56 Å². The Bertz CT molecular complexity index is 642. The summed E-state index contributed by atoms with van der Waals surface area (Å²) in [6, 6.07) is 8.66. The fraction of sp³-hybridized carbons (Fsp3) is 0.636. The van der Waals surface area contributed by atoms with Gasteiger partial charge in [0.2, 0.25) is 5.91 Å². The van der Waals surface area contributed by atoms with Crippen molar-refractivity contribution in [2.75, 3.05) is 46.4 Å². The highest BCUT2D eigenvalue weighted by atomic mass is 16.5. The van der Waals surface area contributed by atoms with E-state index in [4.69, 9.17) is 9.73 Å². The molecule has 0 aliphatic carbocycles. The minimum Gasteiger partial charge on any atom is -0.494 e. The van der Waals surface area contributed by atoms with Crippen LogP contribution < -0.4 is 20.7 Å². The third kappa shape index (κ3) is 8.73. The number of carbonyl (C=O) groups excluding carboxylic acids is 1. The predicted octanol–water partition coefficient (Wildman–Crippen LogP) is 1.78. The van der Waals surface area contributed by atoms with Crippen molar-refractivity contribution in [3.63, 3.8) is 0 Å². The molecule has 162 valence electrons. The fourth-order valence-corrected chi connectivity index (χ4v) is 3.34. The van der Waals surface area contributed by atoms with Gasteiger partial charge in [-0.3, -0.25) is 14.7 Å². The number of nitrogens with one attached hydrogen (secondary N) is 3. The van der Waals surface area contributed by atoms with E-state index >= 15 is 0 Å². The van der Waals surface area contributed by atoms with Crippen LogP contribution in [0, 0.1) is 0 Å². The van der Waals surface area contributed by atoms with Crippen molar-refractivity contribution >= 4 is 11.9 Å². The van der Waals surface area contributed by atoms with Gasteiger partial charge in [-0.05, 0) is 50.3 Å². The zero-order valence-electron chi connectivity index (χ0n) is 18.2. The van der Waals surface area contributed by atoms with Crippen molar-refractivity contribution in [3.05, 3.63) is 29.8 Å². The number of guanidine groups is 1. The van der Waals surface area contributed by atoms with Crippen LogP contribution in [0.15, 0.2) is 29.3 Å². The first-order valence-corrected chi connectivity index (χ1v) is 10.8. The summed E-state index contributed by atoms with van der Waals surface area (Å²) in [5.74, 6) is 1.88. The Balaban J connectivity index is 1.80. The lowest BCUT2D eigenvalue weighted by atomic mass is 10.1. The van der Waals surface area contributed by atoms with Crippen molar-refractivity contribution in [1.29, 1.82) is 0 Å². The topological polar surface area (TPSA) is 78.0 Å². The van der Waals surface area contributed by atoms with Gasteiger partial charge in [0.05, 0.1) is 13.2 Å². The second-order valence-corrected chi connectivity index (χ2v) is 7.37. The smallest absolute Gasteiger partial charge is 0.233 e. The number of carbonyl (C=O) groups is 1. The zero-order valence-corrected chi connectivity index (χ0v) is 18.2. The first-order chi connectivity index (χ1) is 14.1. The number of likely N-dealkylation sites (tertiary alicyclic amines) is 1. The summed E-state index contributed by atoms with van der Waals surface area (Å²) in [7, 11) is 1.68. The number of ether oxygens (including phenoxy) is 1. The molecule has 0 aromatic heterocycles. The highest BCUT2D eigenvalue weighted by Gasteiger charge is 2.21. The fourth-order valence-electron chi connectivity index (χ4n) is 3.34. The normalized spacial score (nSPS) is 15.8. The minimum atomic E-state index is 0.0791. The molecule has 1 heterocycles. The van der Waals surface area contributed by atoms with Crippen molar-refractivity contribution < 1.29 is 9.53 Å². The molecule has 7 heteroatoms. The van der Waals surface area contributed by atoms with Gasteiger partial charge in [-0.25, -0.2) is 0 Å². The van der Waals surface area contributed by atoms with Gasteiger partial charge in [0.25, 0.3) is 0 Å². The van der Waals surface area contributed by atoms with Gasteiger partial charge in [-0.1, -0.05) is 19.1 Å². The van der Waals surface area contributed by atoms with Crippen LogP contribution >= 0.6 is 0 Å². The molecule has 0 saturated carbocycles. The monoisotopic (exact) mass is 403 g/mol. The number of hydrogen-bond acceptors (Lipinski definition) is 4. The average molecular weight is 404 g/mol. The lowest BCUT2D eigenvalue weighted by Crippen LogP contribution is -2.50. The number of nitrogens with zero attached hydrogens (tertiary/aromatic N) is 2. The summed E-state index contributed by atoms with van der Waals surface area (Å²) in [5.41, 5.74) is 1.24. The van der Waals surface area contributed by atoms with Crippen LogP contribution in [0.5, 0.6) is 5.75 Å². The molecule has 3 N–H and O–H groups in total. The molecule has 1 saturated heterocycles. The second-order valence-electron chi connectivity index (χ2n) is 7.37. The van der Waals surface area contributed by atoms with E-state index in [9.17, 15) is 4.79 Å². The van der Waals surface area contributed by atoms with Crippen LogP contribution in [0.3, 0.4) is 0 Å². The van der Waals surface area contributed by atoms with Gasteiger partial charge >= 0.3 is 0 Å². The summed E-state index contributed by atoms with van der Waals surface area (Å²) in [6.45, 7) is 8.83. The minimum absolute atomic E-state index is 0.0791. The molecule has 0 bridgehead atoms. The number of likely N-dealkylation sites (N-methyl/N-ethyl adjacent to an activating group) is 1. The molecule has 1 aliphatic rings. The molecule has 0 radical (unpaired) electrons. The van der Waals surface area contributed by atoms with Gasteiger partial charge in [0, 0.05) is 39.3 Å². The summed E-state index contributed by atoms with van der Waals surface area (Å²) < 4.78 is 5.71. The summed E-state index contributed by atoms with van der Waals surface area (Å²) in [5, 5.41) is 9.59. The van der Waals surface area contributed by atoms with Crippen molar-refractivity contribution in [2.24, 2.45) is 4.99 Å². The van der Waals surface area contributed by atoms with Gasteiger partial charge in [0.1, 0.15) is 5.75 Å².